The molecule has 0 saturated heterocycles. The molecule has 0 amide bonds. The average molecular weight is 266 g/mol. The fourth-order valence-corrected chi connectivity index (χ4v) is 2.65. The second kappa shape index (κ2) is 5.51. The van der Waals surface area contributed by atoms with E-state index in [4.69, 9.17) is 0 Å². The van der Waals surface area contributed by atoms with Crippen molar-refractivity contribution in [2.24, 2.45) is 0 Å². The summed E-state index contributed by atoms with van der Waals surface area (Å²) >= 11 is 1.90. The minimum Gasteiger partial charge on any atom is -0.367 e. The molecule has 7 heteroatoms. The lowest BCUT2D eigenvalue weighted by molar-refractivity contribution is 0.572. The van der Waals surface area contributed by atoms with Crippen LogP contribution < -0.4 is 5.32 Å². The first-order valence-corrected chi connectivity index (χ1v) is 7.30. The first-order chi connectivity index (χ1) is 8.73. The molecular formula is C11H18N6S. The number of hydrogen-bond donors (Lipinski definition) is 1. The Balaban J connectivity index is 2.09. The predicted octanol–water partition coefficient (Wildman–Crippen LogP) is 1.85. The number of fused-ring (bicyclic) bond motifs is 1. The van der Waals surface area contributed by atoms with Gasteiger partial charge in [-0.05, 0) is 41.7 Å². The van der Waals surface area contributed by atoms with Gasteiger partial charge in [-0.25, -0.2) is 0 Å². The molecule has 2 heterocycles. The number of aromatic nitrogens is 5. The van der Waals surface area contributed by atoms with Crippen molar-refractivity contribution in [1.29, 1.82) is 0 Å². The van der Waals surface area contributed by atoms with Crippen LogP contribution in [0.1, 0.15) is 26.7 Å². The number of nitrogens with zero attached hydrogens (tertiary/aromatic N) is 5. The Kier molecular flexibility index (Phi) is 4.00. The van der Waals surface area contributed by atoms with Gasteiger partial charge in [0.2, 0.25) is 0 Å². The third-order valence-corrected chi connectivity index (χ3v) is 4.97. The van der Waals surface area contributed by atoms with Crippen molar-refractivity contribution in [3.63, 3.8) is 0 Å². The monoisotopic (exact) mass is 266 g/mol. The highest BCUT2D eigenvalue weighted by molar-refractivity contribution is 8.00. The summed E-state index contributed by atoms with van der Waals surface area (Å²) < 4.78 is 1.69. The van der Waals surface area contributed by atoms with Gasteiger partial charge in [-0.1, -0.05) is 13.8 Å². The highest BCUT2D eigenvalue weighted by Gasteiger charge is 2.24. The van der Waals surface area contributed by atoms with Crippen molar-refractivity contribution in [3.8, 4) is 0 Å². The largest absolute Gasteiger partial charge is 0.367 e. The van der Waals surface area contributed by atoms with E-state index in [9.17, 15) is 0 Å². The van der Waals surface area contributed by atoms with Crippen LogP contribution in [0.4, 0.5) is 5.82 Å². The number of tetrazole rings is 1. The molecule has 0 aliphatic heterocycles. The van der Waals surface area contributed by atoms with Crippen molar-refractivity contribution >= 4 is 23.2 Å². The molecule has 0 aliphatic rings. The number of thioether (sulfide) groups is 1. The Morgan fingerprint density at radius 3 is 2.78 bits per heavy atom. The van der Waals surface area contributed by atoms with Gasteiger partial charge in [0.05, 0.1) is 0 Å². The van der Waals surface area contributed by atoms with Crippen LogP contribution in [0.5, 0.6) is 0 Å². The molecule has 1 N–H and O–H groups in total. The van der Waals surface area contributed by atoms with Crippen LogP contribution in [-0.4, -0.2) is 42.8 Å². The van der Waals surface area contributed by atoms with E-state index in [1.807, 2.05) is 23.9 Å². The molecule has 0 aromatic carbocycles. The summed E-state index contributed by atoms with van der Waals surface area (Å²) in [4.78, 5) is 0. The summed E-state index contributed by atoms with van der Waals surface area (Å²) in [5.41, 5.74) is 0.655. The van der Waals surface area contributed by atoms with Gasteiger partial charge >= 0.3 is 0 Å². The van der Waals surface area contributed by atoms with Crippen LogP contribution in [0.15, 0.2) is 12.1 Å². The highest BCUT2D eigenvalue weighted by atomic mass is 32.2. The van der Waals surface area contributed by atoms with E-state index in [0.29, 0.717) is 5.65 Å². The van der Waals surface area contributed by atoms with Gasteiger partial charge in [-0.15, -0.1) is 14.8 Å². The number of hydrogen-bond acceptors (Lipinski definition) is 6. The minimum atomic E-state index is 0.261. The van der Waals surface area contributed by atoms with Crippen LogP contribution in [-0.2, 0) is 0 Å². The second-order valence-electron chi connectivity index (χ2n) is 4.19. The Morgan fingerprint density at radius 2 is 2.11 bits per heavy atom. The number of nitrogens with one attached hydrogen (secondary N) is 1. The molecule has 0 fully saturated rings. The van der Waals surface area contributed by atoms with Crippen molar-refractivity contribution in [1.82, 2.24) is 25.3 Å². The second-order valence-corrected chi connectivity index (χ2v) is 5.47. The Hall–Kier alpha value is -1.37. The molecular weight excluding hydrogens is 248 g/mol. The number of anilines is 1. The van der Waals surface area contributed by atoms with Crippen molar-refractivity contribution in [2.75, 3.05) is 18.1 Å². The predicted molar refractivity (Wildman–Crippen MR) is 73.9 cm³/mol. The van der Waals surface area contributed by atoms with Crippen LogP contribution in [0, 0.1) is 0 Å². The summed E-state index contributed by atoms with van der Waals surface area (Å²) in [6, 6.07) is 3.76. The third kappa shape index (κ3) is 2.55. The van der Waals surface area contributed by atoms with Gasteiger partial charge in [0.1, 0.15) is 5.82 Å². The molecule has 0 atom stereocenters. The van der Waals surface area contributed by atoms with Crippen LogP contribution in [0.3, 0.4) is 0 Å². The zero-order chi connectivity index (χ0) is 13.0. The van der Waals surface area contributed by atoms with E-state index in [2.05, 4.69) is 46.0 Å². The van der Waals surface area contributed by atoms with Crippen molar-refractivity contribution in [3.05, 3.63) is 12.1 Å². The maximum atomic E-state index is 4.30. The smallest absolute Gasteiger partial charge is 0.200 e. The van der Waals surface area contributed by atoms with Gasteiger partial charge < -0.3 is 5.32 Å². The van der Waals surface area contributed by atoms with Gasteiger partial charge in [0.15, 0.2) is 5.65 Å². The third-order valence-electron chi connectivity index (χ3n) is 3.38. The molecule has 0 saturated carbocycles. The molecule has 0 radical (unpaired) electrons. The Morgan fingerprint density at radius 1 is 1.33 bits per heavy atom. The van der Waals surface area contributed by atoms with E-state index >= 15 is 0 Å². The van der Waals surface area contributed by atoms with E-state index in [0.717, 1.165) is 25.2 Å². The highest BCUT2D eigenvalue weighted by Crippen LogP contribution is 2.30. The first kappa shape index (κ1) is 13.1. The molecule has 0 unspecified atom stereocenters. The lowest BCUT2D eigenvalue weighted by Gasteiger charge is -2.29. The molecule has 0 bridgehead atoms. The topological polar surface area (TPSA) is 68.0 Å². The number of rotatable bonds is 6. The molecule has 0 spiro atoms. The van der Waals surface area contributed by atoms with Gasteiger partial charge in [-0.3, -0.25) is 0 Å². The molecule has 2 aromatic heterocycles. The summed E-state index contributed by atoms with van der Waals surface area (Å²) in [5, 5.41) is 18.8. The molecule has 2 rings (SSSR count). The molecule has 18 heavy (non-hydrogen) atoms. The molecule has 0 aliphatic carbocycles. The van der Waals surface area contributed by atoms with Gasteiger partial charge in [0.25, 0.3) is 0 Å². The molecule has 6 nitrogen and oxygen atoms in total. The Bertz CT molecular complexity index is 499. The van der Waals surface area contributed by atoms with E-state index in [1.54, 1.807) is 0 Å². The summed E-state index contributed by atoms with van der Waals surface area (Å²) in [6.45, 7) is 5.33. The maximum Gasteiger partial charge on any atom is 0.200 e. The molecule has 98 valence electrons. The lowest BCUT2D eigenvalue weighted by Crippen LogP contribution is -2.32. The van der Waals surface area contributed by atoms with Crippen LogP contribution in [0.2, 0.25) is 0 Å². The van der Waals surface area contributed by atoms with E-state index < -0.39 is 0 Å². The van der Waals surface area contributed by atoms with Crippen LogP contribution in [0.25, 0.3) is 5.65 Å². The van der Waals surface area contributed by atoms with E-state index in [1.165, 1.54) is 4.63 Å². The Labute approximate surface area is 111 Å². The van der Waals surface area contributed by atoms with E-state index in [-0.39, 0.29) is 4.75 Å². The molecule has 2 aromatic rings. The van der Waals surface area contributed by atoms with Gasteiger partial charge in [-0.2, -0.15) is 11.8 Å². The van der Waals surface area contributed by atoms with Gasteiger partial charge in [0, 0.05) is 11.3 Å². The zero-order valence-electron chi connectivity index (χ0n) is 10.9. The quantitative estimate of drug-likeness (QED) is 0.860. The fourth-order valence-electron chi connectivity index (χ4n) is 1.86. The summed E-state index contributed by atoms with van der Waals surface area (Å²) in [5.74, 6) is 0.801. The average Bonchev–Trinajstić information content (AvgIpc) is 2.88. The maximum absolute atomic E-state index is 4.30. The lowest BCUT2D eigenvalue weighted by atomic mass is 10.0. The summed E-state index contributed by atoms with van der Waals surface area (Å²) in [7, 11) is 0. The minimum absolute atomic E-state index is 0.261. The van der Waals surface area contributed by atoms with Crippen LogP contribution >= 0.6 is 11.8 Å². The van der Waals surface area contributed by atoms with Crippen molar-refractivity contribution in [2.45, 2.75) is 31.4 Å². The summed E-state index contributed by atoms with van der Waals surface area (Å²) in [6.07, 6.45) is 4.42. The first-order valence-electron chi connectivity index (χ1n) is 6.07. The fraction of sp³-hybridized carbons (Fsp3) is 0.636. The SMILES string of the molecule is CCC(CC)(CNc1ccc2nnnn2n1)SC. The standard InChI is InChI=1S/C11H18N6S/c1-4-11(5-2,18-3)8-12-9-6-7-10-13-15-16-17(10)14-9/h6-7H,4-5,8H2,1-3H3,(H,12,14). The normalized spacial score (nSPS) is 11.9. The zero-order valence-corrected chi connectivity index (χ0v) is 11.7. The van der Waals surface area contributed by atoms with Crippen molar-refractivity contribution < 1.29 is 0 Å².